The highest BCUT2D eigenvalue weighted by Crippen LogP contribution is 2.46. The van der Waals surface area contributed by atoms with Crippen molar-refractivity contribution in [2.24, 2.45) is 0 Å². The van der Waals surface area contributed by atoms with E-state index in [2.05, 4.69) is 40.7 Å². The molecule has 4 heteroatoms. The Hall–Kier alpha value is -2.07. The fourth-order valence-electron chi connectivity index (χ4n) is 4.57. The Morgan fingerprint density at radius 2 is 2.25 bits per heavy atom. The highest BCUT2D eigenvalue weighted by Gasteiger charge is 2.46. The number of hydrogen-bond donors (Lipinski definition) is 1. The highest BCUT2D eigenvalue weighted by atomic mass is 16.5. The monoisotopic (exact) mass is 324 g/mol. The van der Waals surface area contributed by atoms with Crippen LogP contribution in [0.25, 0.3) is 10.9 Å². The third-order valence-electron chi connectivity index (χ3n) is 5.49. The number of carbonyl (C=O) groups excluding carboxylic acids is 1. The summed E-state index contributed by atoms with van der Waals surface area (Å²) in [5, 5.41) is 1.24. The number of carbonyl (C=O) groups is 1. The molecule has 24 heavy (non-hydrogen) atoms. The molecule has 0 aliphatic carbocycles. The Morgan fingerprint density at radius 3 is 3.04 bits per heavy atom. The largest absolute Gasteiger partial charge is 0.465 e. The molecule has 0 bridgehead atoms. The second-order valence-corrected chi connectivity index (χ2v) is 6.75. The lowest BCUT2D eigenvalue weighted by atomic mass is 9.92. The summed E-state index contributed by atoms with van der Waals surface area (Å²) in [4.78, 5) is 18.7. The Bertz CT molecular complexity index is 779. The van der Waals surface area contributed by atoms with Crippen molar-refractivity contribution in [2.75, 3.05) is 6.61 Å². The molecule has 3 atom stereocenters. The number of hydrogen-bond acceptors (Lipinski definition) is 3. The molecule has 0 amide bonds. The summed E-state index contributed by atoms with van der Waals surface area (Å²) in [6.07, 6.45) is 5.79. The Labute approximate surface area is 142 Å². The van der Waals surface area contributed by atoms with Gasteiger partial charge in [-0.1, -0.05) is 24.3 Å². The summed E-state index contributed by atoms with van der Waals surface area (Å²) in [5.74, 6) is -0.0885. The number of aromatic amines is 1. The lowest BCUT2D eigenvalue weighted by Crippen LogP contribution is -2.49. The minimum absolute atomic E-state index is 0.0885. The average Bonchev–Trinajstić information content (AvgIpc) is 3.16. The fraction of sp³-hybridized carbons (Fsp3) is 0.450. The number of nitrogens with zero attached hydrogens (tertiary/aromatic N) is 1. The maximum absolute atomic E-state index is 12.7. The number of rotatable bonds is 4. The number of H-pyrrole nitrogens is 1. The van der Waals surface area contributed by atoms with E-state index in [1.54, 1.807) is 0 Å². The minimum Gasteiger partial charge on any atom is -0.465 e. The molecule has 126 valence electrons. The number of aromatic nitrogens is 1. The van der Waals surface area contributed by atoms with Crippen LogP contribution >= 0.6 is 0 Å². The van der Waals surface area contributed by atoms with Crippen molar-refractivity contribution in [3.05, 3.63) is 48.2 Å². The van der Waals surface area contributed by atoms with Crippen molar-refractivity contribution in [1.29, 1.82) is 0 Å². The van der Waals surface area contributed by atoms with Crippen LogP contribution in [0.15, 0.2) is 36.9 Å². The molecule has 2 aliphatic heterocycles. The predicted molar refractivity (Wildman–Crippen MR) is 94.8 cm³/mol. The molecule has 2 aliphatic rings. The van der Waals surface area contributed by atoms with Crippen LogP contribution in [-0.4, -0.2) is 34.5 Å². The van der Waals surface area contributed by atoms with E-state index in [0.29, 0.717) is 12.6 Å². The zero-order chi connectivity index (χ0) is 16.7. The van der Waals surface area contributed by atoms with Gasteiger partial charge in [0.1, 0.15) is 6.04 Å². The zero-order valence-corrected chi connectivity index (χ0v) is 14.1. The number of fused-ring (bicyclic) bond motifs is 5. The van der Waals surface area contributed by atoms with Crippen LogP contribution in [0.5, 0.6) is 0 Å². The number of para-hydroxylation sites is 1. The van der Waals surface area contributed by atoms with Gasteiger partial charge >= 0.3 is 5.97 Å². The van der Waals surface area contributed by atoms with E-state index in [1.807, 2.05) is 13.0 Å². The lowest BCUT2D eigenvalue weighted by molar-refractivity contribution is -0.151. The SMILES string of the molecule is C=CCC1CCC2c3[nH]c4ccccc4c3CC(C(=O)OCC)N12. The molecule has 1 saturated heterocycles. The Kier molecular flexibility index (Phi) is 3.93. The van der Waals surface area contributed by atoms with Crippen LogP contribution in [0, 0.1) is 0 Å². The van der Waals surface area contributed by atoms with Crippen molar-refractivity contribution >= 4 is 16.9 Å². The van der Waals surface area contributed by atoms with E-state index < -0.39 is 0 Å². The lowest BCUT2D eigenvalue weighted by Gasteiger charge is -2.39. The molecule has 0 spiro atoms. The number of nitrogens with one attached hydrogen (secondary N) is 1. The van der Waals surface area contributed by atoms with E-state index in [4.69, 9.17) is 4.74 Å². The normalized spacial score (nSPS) is 26.1. The van der Waals surface area contributed by atoms with Gasteiger partial charge < -0.3 is 9.72 Å². The van der Waals surface area contributed by atoms with Gasteiger partial charge in [-0.15, -0.1) is 6.58 Å². The van der Waals surface area contributed by atoms with Crippen LogP contribution < -0.4 is 0 Å². The summed E-state index contributed by atoms with van der Waals surface area (Å²) in [6.45, 7) is 6.20. The van der Waals surface area contributed by atoms with Gasteiger partial charge in [0.2, 0.25) is 0 Å². The van der Waals surface area contributed by atoms with Crippen LogP contribution in [0.1, 0.15) is 43.5 Å². The van der Waals surface area contributed by atoms with Crippen molar-refractivity contribution in [3.8, 4) is 0 Å². The smallest absolute Gasteiger partial charge is 0.323 e. The molecule has 2 aromatic rings. The molecule has 0 saturated carbocycles. The summed E-state index contributed by atoms with van der Waals surface area (Å²) in [5.41, 5.74) is 3.76. The van der Waals surface area contributed by atoms with Crippen LogP contribution in [-0.2, 0) is 16.0 Å². The first-order valence-electron chi connectivity index (χ1n) is 8.89. The molecular weight excluding hydrogens is 300 g/mol. The molecule has 0 radical (unpaired) electrons. The van der Waals surface area contributed by atoms with Gasteiger partial charge in [-0.05, 0) is 37.8 Å². The molecule has 1 N–H and O–H groups in total. The number of benzene rings is 1. The molecule has 3 heterocycles. The maximum Gasteiger partial charge on any atom is 0.323 e. The van der Waals surface area contributed by atoms with E-state index in [9.17, 15) is 4.79 Å². The Balaban J connectivity index is 1.80. The summed E-state index contributed by atoms with van der Waals surface area (Å²) >= 11 is 0. The summed E-state index contributed by atoms with van der Waals surface area (Å²) in [6, 6.07) is 8.86. The average molecular weight is 324 g/mol. The van der Waals surface area contributed by atoms with Crippen molar-refractivity contribution < 1.29 is 9.53 Å². The molecule has 3 unspecified atom stereocenters. The second-order valence-electron chi connectivity index (χ2n) is 6.75. The predicted octanol–water partition coefficient (Wildman–Crippen LogP) is 3.74. The van der Waals surface area contributed by atoms with E-state index in [-0.39, 0.29) is 18.1 Å². The molecular formula is C20H24N2O2. The van der Waals surface area contributed by atoms with Crippen molar-refractivity contribution in [2.45, 2.75) is 50.7 Å². The molecule has 1 aromatic heterocycles. The topological polar surface area (TPSA) is 45.3 Å². The van der Waals surface area contributed by atoms with Crippen molar-refractivity contribution in [3.63, 3.8) is 0 Å². The maximum atomic E-state index is 12.7. The summed E-state index contributed by atoms with van der Waals surface area (Å²) < 4.78 is 5.40. The van der Waals surface area contributed by atoms with Gasteiger partial charge in [-0.25, -0.2) is 0 Å². The quantitative estimate of drug-likeness (QED) is 0.688. The number of esters is 1. The fourth-order valence-corrected chi connectivity index (χ4v) is 4.57. The van der Waals surface area contributed by atoms with Crippen molar-refractivity contribution in [1.82, 2.24) is 9.88 Å². The molecule has 4 nitrogen and oxygen atoms in total. The van der Waals surface area contributed by atoms with Gasteiger partial charge in [-0.3, -0.25) is 9.69 Å². The van der Waals surface area contributed by atoms with E-state index in [0.717, 1.165) is 25.7 Å². The molecule has 4 rings (SSSR count). The van der Waals surface area contributed by atoms with Crippen LogP contribution in [0.2, 0.25) is 0 Å². The van der Waals surface area contributed by atoms with Gasteiger partial charge in [0.25, 0.3) is 0 Å². The summed E-state index contributed by atoms with van der Waals surface area (Å²) in [7, 11) is 0. The number of ether oxygens (including phenoxy) is 1. The first kappa shape index (κ1) is 15.5. The van der Waals surface area contributed by atoms with Gasteiger partial charge in [0.05, 0.1) is 12.6 Å². The molecule has 1 aromatic carbocycles. The van der Waals surface area contributed by atoms with Gasteiger partial charge in [-0.2, -0.15) is 0 Å². The van der Waals surface area contributed by atoms with Crippen LogP contribution in [0.4, 0.5) is 0 Å². The van der Waals surface area contributed by atoms with E-state index in [1.165, 1.54) is 22.2 Å². The van der Waals surface area contributed by atoms with E-state index >= 15 is 0 Å². The van der Waals surface area contributed by atoms with Crippen LogP contribution in [0.3, 0.4) is 0 Å². The Morgan fingerprint density at radius 1 is 1.42 bits per heavy atom. The first-order valence-corrected chi connectivity index (χ1v) is 8.89. The highest BCUT2D eigenvalue weighted by molar-refractivity contribution is 5.87. The zero-order valence-electron chi connectivity index (χ0n) is 14.1. The first-order chi connectivity index (χ1) is 11.7. The van der Waals surface area contributed by atoms with Gasteiger partial charge in [0.15, 0.2) is 0 Å². The third kappa shape index (κ3) is 2.28. The van der Waals surface area contributed by atoms with Gasteiger partial charge in [0, 0.05) is 29.1 Å². The minimum atomic E-state index is -0.186. The third-order valence-corrected chi connectivity index (χ3v) is 5.49. The standard InChI is InChI=1S/C20H24N2O2/c1-3-7-13-10-11-17-19-15(14-8-5-6-9-16(14)21-19)12-18(22(13)17)20(23)24-4-2/h3,5-6,8-9,13,17-18,21H,1,4,7,10-12H2,2H3. The molecule has 1 fully saturated rings. The second kappa shape index (κ2) is 6.10.